The number of hydrogen-bond acceptors (Lipinski definition) is 12. The zero-order chi connectivity index (χ0) is 37.1. The van der Waals surface area contributed by atoms with Gasteiger partial charge in [-0.2, -0.15) is 8.61 Å². The Morgan fingerprint density at radius 1 is 0.784 bits per heavy atom. The topological polar surface area (TPSA) is 203 Å². The summed E-state index contributed by atoms with van der Waals surface area (Å²) in [6.07, 6.45) is 2.04. The molecule has 3 aromatic rings. The number of sulfonamides is 2. The number of pyridine rings is 1. The van der Waals surface area contributed by atoms with E-state index in [4.69, 9.17) is 4.74 Å². The number of esters is 1. The zero-order valence-corrected chi connectivity index (χ0v) is 30.1. The smallest absolute Gasteiger partial charge is 0.320 e. The van der Waals surface area contributed by atoms with E-state index in [2.05, 4.69) is 4.98 Å². The summed E-state index contributed by atoms with van der Waals surface area (Å²) in [5, 5.41) is 23.9. The van der Waals surface area contributed by atoms with Gasteiger partial charge in [0.05, 0.1) is 40.9 Å². The number of nitrogens with zero attached hydrogens (tertiary/aromatic N) is 6. The first kappa shape index (κ1) is 37.9. The van der Waals surface area contributed by atoms with Crippen LogP contribution in [-0.4, -0.2) is 88.5 Å². The number of nitro groups is 2. The molecule has 1 aromatic heterocycles. The molecule has 0 unspecified atom stereocenters. The highest BCUT2D eigenvalue weighted by molar-refractivity contribution is 7.89. The lowest BCUT2D eigenvalue weighted by Gasteiger charge is -2.44. The van der Waals surface area contributed by atoms with Gasteiger partial charge in [-0.1, -0.05) is 43.2 Å². The Morgan fingerprint density at radius 2 is 1.31 bits per heavy atom. The van der Waals surface area contributed by atoms with Crippen LogP contribution in [-0.2, 0) is 42.7 Å². The van der Waals surface area contributed by atoms with Crippen LogP contribution in [0.3, 0.4) is 0 Å². The highest BCUT2D eigenvalue weighted by Gasteiger charge is 2.44. The van der Waals surface area contributed by atoms with Gasteiger partial charge in [0.1, 0.15) is 5.60 Å². The Labute approximate surface area is 296 Å². The molecule has 2 atom stereocenters. The van der Waals surface area contributed by atoms with Crippen LogP contribution in [0.5, 0.6) is 0 Å². The quantitative estimate of drug-likeness (QED) is 0.181. The summed E-state index contributed by atoms with van der Waals surface area (Å²) < 4.78 is 65.4. The Balaban J connectivity index is 1.67. The molecular weight excluding hydrogens is 705 g/mol. The summed E-state index contributed by atoms with van der Waals surface area (Å²) in [6.45, 7) is 3.83. The molecule has 5 rings (SSSR count). The Hall–Kier alpha value is -4.36. The number of nitro benzene ring substituents is 2. The number of carbonyl (C=O) groups is 1. The average molecular weight is 745 g/mol. The summed E-state index contributed by atoms with van der Waals surface area (Å²) in [6, 6.07) is 13.4. The number of aromatic nitrogens is 1. The number of hydrogen-bond donors (Lipinski definition) is 0. The van der Waals surface area contributed by atoms with Crippen LogP contribution in [0.2, 0.25) is 0 Å². The average Bonchev–Trinajstić information content (AvgIpc) is 3.07. The molecule has 2 aliphatic rings. The standard InChI is InChI=1S/C33H40N6O10S2/c1-33(2,3)49-32(40)23-35-19-20-36(50(45,46)30-17-8-6-15-28(30)38(41)42)21-24-11-10-12-25(34-24)22-37(27-14-5-4-13-26(27)35)51(47,48)31-18-9-7-16-29(31)39(43)44/h6-12,15-18,26-27H,4-5,13-14,19-23H2,1-3H3/t26-,27-/m0/s1. The Morgan fingerprint density at radius 3 is 1.88 bits per heavy atom. The fourth-order valence-corrected chi connectivity index (χ4v) is 10.00. The molecule has 1 fully saturated rings. The van der Waals surface area contributed by atoms with Crippen molar-refractivity contribution in [1.29, 1.82) is 0 Å². The van der Waals surface area contributed by atoms with Crippen molar-refractivity contribution < 1.29 is 36.2 Å². The van der Waals surface area contributed by atoms with Crippen LogP contribution < -0.4 is 0 Å². The van der Waals surface area contributed by atoms with Gasteiger partial charge in [0, 0.05) is 37.3 Å². The zero-order valence-electron chi connectivity index (χ0n) is 28.5. The van der Waals surface area contributed by atoms with E-state index in [9.17, 15) is 41.9 Å². The third-order valence-electron chi connectivity index (χ3n) is 8.77. The third-order valence-corrected chi connectivity index (χ3v) is 12.6. The highest BCUT2D eigenvalue weighted by Crippen LogP contribution is 2.36. The number of rotatable bonds is 8. The first-order chi connectivity index (χ1) is 24.0. The van der Waals surface area contributed by atoms with Gasteiger partial charge in [0.25, 0.3) is 21.4 Å². The molecule has 274 valence electrons. The predicted octanol–water partition coefficient (Wildman–Crippen LogP) is 4.25. The second-order valence-corrected chi connectivity index (χ2v) is 17.2. The third kappa shape index (κ3) is 8.58. The van der Waals surface area contributed by atoms with Gasteiger partial charge in [0.2, 0.25) is 10.0 Å². The highest BCUT2D eigenvalue weighted by atomic mass is 32.2. The van der Waals surface area contributed by atoms with Crippen molar-refractivity contribution in [2.75, 3.05) is 19.6 Å². The van der Waals surface area contributed by atoms with E-state index >= 15 is 0 Å². The summed E-state index contributed by atoms with van der Waals surface area (Å²) in [5.74, 6) is -0.619. The van der Waals surface area contributed by atoms with E-state index in [1.165, 1.54) is 34.6 Å². The molecule has 2 heterocycles. The van der Waals surface area contributed by atoms with Crippen molar-refractivity contribution in [1.82, 2.24) is 18.5 Å². The van der Waals surface area contributed by atoms with Crippen LogP contribution in [0.1, 0.15) is 57.8 Å². The maximum atomic E-state index is 14.6. The lowest BCUT2D eigenvalue weighted by Crippen LogP contribution is -2.57. The largest absolute Gasteiger partial charge is 0.459 e. The SMILES string of the molecule is CC(C)(C)OC(=O)CN1CCN(S(=O)(=O)c2ccccc2[N+](=O)[O-])Cc2cccc(n2)CN(S(=O)(=O)c2ccccc2[N+](=O)[O-])[C@H]2CCCC[C@@H]21. The van der Waals surface area contributed by atoms with Gasteiger partial charge < -0.3 is 4.74 Å². The van der Waals surface area contributed by atoms with Gasteiger partial charge in [-0.25, -0.2) is 16.8 Å². The minimum atomic E-state index is -4.55. The van der Waals surface area contributed by atoms with Gasteiger partial charge in [-0.05, 0) is 57.9 Å². The van der Waals surface area contributed by atoms with Crippen molar-refractivity contribution in [2.24, 2.45) is 0 Å². The first-order valence-electron chi connectivity index (χ1n) is 16.4. The minimum absolute atomic E-state index is 0.0840. The van der Waals surface area contributed by atoms with Crippen molar-refractivity contribution >= 4 is 37.4 Å². The van der Waals surface area contributed by atoms with Crippen molar-refractivity contribution in [3.8, 4) is 0 Å². The van der Waals surface area contributed by atoms with Gasteiger partial charge in [0.15, 0.2) is 9.79 Å². The Kier molecular flexibility index (Phi) is 11.2. The van der Waals surface area contributed by atoms with Gasteiger partial charge >= 0.3 is 5.97 Å². The molecule has 0 saturated heterocycles. The molecule has 2 aromatic carbocycles. The maximum absolute atomic E-state index is 14.6. The molecule has 1 aliphatic heterocycles. The second kappa shape index (κ2) is 15.1. The molecular formula is C33H40N6O10S2. The molecule has 0 radical (unpaired) electrons. The van der Waals surface area contributed by atoms with Crippen LogP contribution in [0.15, 0.2) is 76.5 Å². The molecule has 16 nitrogen and oxygen atoms in total. The van der Waals surface area contributed by atoms with Crippen molar-refractivity contribution in [2.45, 2.75) is 87.0 Å². The van der Waals surface area contributed by atoms with Gasteiger partial charge in [-0.15, -0.1) is 0 Å². The van der Waals surface area contributed by atoms with Crippen LogP contribution >= 0.6 is 0 Å². The summed E-state index contributed by atoms with van der Waals surface area (Å²) in [7, 11) is -9.06. The molecule has 18 heteroatoms. The number of fused-ring (bicyclic) bond motifs is 3. The monoisotopic (exact) mass is 744 g/mol. The predicted molar refractivity (Wildman–Crippen MR) is 184 cm³/mol. The molecule has 0 amide bonds. The minimum Gasteiger partial charge on any atom is -0.459 e. The fourth-order valence-electron chi connectivity index (χ4n) is 6.62. The lowest BCUT2D eigenvalue weighted by atomic mass is 9.88. The van der Waals surface area contributed by atoms with Crippen molar-refractivity contribution in [3.05, 3.63) is 98.3 Å². The maximum Gasteiger partial charge on any atom is 0.320 e. The molecule has 0 spiro atoms. The van der Waals surface area contributed by atoms with E-state index in [-0.39, 0.29) is 44.1 Å². The summed E-state index contributed by atoms with van der Waals surface area (Å²) >= 11 is 0. The fraction of sp³-hybridized carbons (Fsp3) is 0.455. The number of ether oxygens (including phenoxy) is 1. The van der Waals surface area contributed by atoms with Crippen LogP contribution in [0, 0.1) is 20.2 Å². The van der Waals surface area contributed by atoms with E-state index in [1.807, 2.05) is 0 Å². The number of para-hydroxylation sites is 2. The molecule has 1 aliphatic carbocycles. The first-order valence-corrected chi connectivity index (χ1v) is 19.3. The van der Waals surface area contributed by atoms with Crippen LogP contribution in [0.4, 0.5) is 11.4 Å². The molecule has 2 bridgehead atoms. The van der Waals surface area contributed by atoms with Crippen LogP contribution in [0.25, 0.3) is 0 Å². The molecule has 51 heavy (non-hydrogen) atoms. The molecule has 1 saturated carbocycles. The second-order valence-electron chi connectivity index (χ2n) is 13.4. The van der Waals surface area contributed by atoms with E-state index < -0.39 is 74.7 Å². The number of benzene rings is 2. The summed E-state index contributed by atoms with van der Waals surface area (Å²) in [4.78, 5) is 41.0. The Bertz CT molecular complexity index is 2020. The lowest BCUT2D eigenvalue weighted by molar-refractivity contribution is -0.388. The van der Waals surface area contributed by atoms with Gasteiger partial charge in [-0.3, -0.25) is 34.9 Å². The summed E-state index contributed by atoms with van der Waals surface area (Å²) in [5.41, 5.74) is -1.55. The van der Waals surface area contributed by atoms with Crippen molar-refractivity contribution in [3.63, 3.8) is 0 Å². The normalized spacial score (nSPS) is 20.0. The number of carbonyl (C=O) groups excluding carboxylic acids is 1. The van der Waals surface area contributed by atoms with E-state index in [0.29, 0.717) is 25.7 Å². The molecule has 0 N–H and O–H groups in total. The van der Waals surface area contributed by atoms with E-state index in [1.54, 1.807) is 43.9 Å². The van der Waals surface area contributed by atoms with E-state index in [0.717, 1.165) is 22.5 Å².